The first-order chi connectivity index (χ1) is 15.5. The fourth-order valence-electron chi connectivity index (χ4n) is 4.00. The number of benzene rings is 2. The molecule has 166 valence electrons. The van der Waals surface area contributed by atoms with Gasteiger partial charge < -0.3 is 15.0 Å². The van der Waals surface area contributed by atoms with Crippen molar-refractivity contribution in [1.29, 1.82) is 0 Å². The van der Waals surface area contributed by atoms with E-state index in [0.717, 1.165) is 17.8 Å². The molecule has 1 saturated heterocycles. The highest BCUT2D eigenvalue weighted by atomic mass is 35.5. The molecule has 2 aromatic carbocycles. The first-order valence-corrected chi connectivity index (χ1v) is 11.4. The van der Waals surface area contributed by atoms with Crippen LogP contribution in [0.3, 0.4) is 0 Å². The topological polar surface area (TPSA) is 54.5 Å². The van der Waals surface area contributed by atoms with Gasteiger partial charge in [0, 0.05) is 30.8 Å². The molecule has 0 bridgehead atoms. The summed E-state index contributed by atoms with van der Waals surface area (Å²) in [6, 6.07) is 17.2. The van der Waals surface area contributed by atoms with Crippen LogP contribution in [0, 0.1) is 6.92 Å². The van der Waals surface area contributed by atoms with Gasteiger partial charge in [-0.05, 0) is 31.5 Å². The van der Waals surface area contributed by atoms with E-state index in [1.54, 1.807) is 11.0 Å². The van der Waals surface area contributed by atoms with Crippen LogP contribution in [0.15, 0.2) is 54.6 Å². The lowest BCUT2D eigenvalue weighted by Crippen LogP contribution is -2.51. The highest BCUT2D eigenvalue weighted by Crippen LogP contribution is 2.38. The van der Waals surface area contributed by atoms with Gasteiger partial charge in [0.1, 0.15) is 6.23 Å². The van der Waals surface area contributed by atoms with Crippen LogP contribution in [0.1, 0.15) is 23.0 Å². The number of rotatable bonds is 5. The Bertz CT molecular complexity index is 1120. The molecule has 0 saturated carbocycles. The van der Waals surface area contributed by atoms with Gasteiger partial charge in [-0.1, -0.05) is 65.7 Å². The van der Waals surface area contributed by atoms with E-state index in [2.05, 4.69) is 5.32 Å². The second-order valence-electron chi connectivity index (χ2n) is 7.60. The number of ether oxygens (including phenoxy) is 1. The van der Waals surface area contributed by atoms with E-state index in [0.29, 0.717) is 52.1 Å². The standard InChI is InChI=1S/C25H25Cl2N3O2/c1-3-30(22-15-28-12-13-32-22)25(31)23-16(2)29-21(17-8-5-4-6-9-17)14-19(23)18-10-7-11-20(26)24(18)27/h4-11,14,22,28H,3,12-13,15H2,1-2H3. The Balaban J connectivity index is 1.89. The van der Waals surface area contributed by atoms with Crippen molar-refractivity contribution in [2.45, 2.75) is 20.1 Å². The average molecular weight is 470 g/mol. The molecule has 1 atom stereocenters. The summed E-state index contributed by atoms with van der Waals surface area (Å²) in [6.45, 7) is 6.23. The second-order valence-corrected chi connectivity index (χ2v) is 8.39. The molecule has 32 heavy (non-hydrogen) atoms. The van der Waals surface area contributed by atoms with Crippen molar-refractivity contribution in [2.75, 3.05) is 26.2 Å². The van der Waals surface area contributed by atoms with E-state index in [1.807, 2.05) is 62.4 Å². The van der Waals surface area contributed by atoms with Crippen LogP contribution in [0.25, 0.3) is 22.4 Å². The number of carbonyl (C=O) groups is 1. The maximum atomic E-state index is 13.8. The van der Waals surface area contributed by atoms with Crippen LogP contribution in [0.5, 0.6) is 0 Å². The second kappa shape index (κ2) is 10.0. The number of nitrogens with zero attached hydrogens (tertiary/aromatic N) is 2. The van der Waals surface area contributed by atoms with Crippen molar-refractivity contribution >= 4 is 29.1 Å². The van der Waals surface area contributed by atoms with Crippen LogP contribution in [0.2, 0.25) is 10.0 Å². The molecule has 1 aliphatic heterocycles. The summed E-state index contributed by atoms with van der Waals surface area (Å²) in [7, 11) is 0. The van der Waals surface area contributed by atoms with Crippen LogP contribution in [-0.2, 0) is 4.74 Å². The molecule has 2 heterocycles. The molecule has 1 aliphatic rings. The van der Waals surface area contributed by atoms with E-state index in [4.69, 9.17) is 32.9 Å². The molecule has 1 amide bonds. The number of aryl methyl sites for hydroxylation is 1. The van der Waals surface area contributed by atoms with Gasteiger partial charge in [-0.15, -0.1) is 0 Å². The highest BCUT2D eigenvalue weighted by Gasteiger charge is 2.30. The van der Waals surface area contributed by atoms with E-state index in [9.17, 15) is 4.79 Å². The molecule has 0 radical (unpaired) electrons. The normalized spacial score (nSPS) is 16.1. The third-order valence-electron chi connectivity index (χ3n) is 5.58. The monoisotopic (exact) mass is 469 g/mol. The van der Waals surface area contributed by atoms with Crippen molar-refractivity contribution in [1.82, 2.24) is 15.2 Å². The fraction of sp³-hybridized carbons (Fsp3) is 0.280. The maximum Gasteiger partial charge on any atom is 0.258 e. The Morgan fingerprint density at radius 1 is 1.16 bits per heavy atom. The number of nitrogens with one attached hydrogen (secondary N) is 1. The van der Waals surface area contributed by atoms with Crippen LogP contribution >= 0.6 is 23.2 Å². The zero-order valence-corrected chi connectivity index (χ0v) is 19.6. The minimum absolute atomic E-state index is 0.142. The van der Waals surface area contributed by atoms with Crippen LogP contribution in [-0.4, -0.2) is 48.3 Å². The molecule has 3 aromatic rings. The first-order valence-electron chi connectivity index (χ1n) is 10.7. The Hall–Kier alpha value is -2.44. The quantitative estimate of drug-likeness (QED) is 0.540. The van der Waals surface area contributed by atoms with Gasteiger partial charge >= 0.3 is 0 Å². The number of morpholine rings is 1. The van der Waals surface area contributed by atoms with Crippen LogP contribution < -0.4 is 5.32 Å². The molecule has 7 heteroatoms. The summed E-state index contributed by atoms with van der Waals surface area (Å²) >= 11 is 12.9. The Kier molecular flexibility index (Phi) is 7.11. The van der Waals surface area contributed by atoms with Crippen molar-refractivity contribution < 1.29 is 9.53 Å². The van der Waals surface area contributed by atoms with Gasteiger partial charge in [0.25, 0.3) is 5.91 Å². The smallest absolute Gasteiger partial charge is 0.258 e. The highest BCUT2D eigenvalue weighted by molar-refractivity contribution is 6.43. The molecular weight excluding hydrogens is 445 g/mol. The predicted octanol–water partition coefficient (Wildman–Crippen LogP) is 5.44. The molecule has 0 spiro atoms. The molecule has 1 unspecified atom stereocenters. The Labute approximate surface area is 198 Å². The number of aromatic nitrogens is 1. The summed E-state index contributed by atoms with van der Waals surface area (Å²) in [5.74, 6) is -0.142. The number of carbonyl (C=O) groups excluding carboxylic acids is 1. The molecule has 5 nitrogen and oxygen atoms in total. The largest absolute Gasteiger partial charge is 0.356 e. The van der Waals surface area contributed by atoms with Gasteiger partial charge in [-0.3, -0.25) is 9.78 Å². The lowest BCUT2D eigenvalue weighted by Gasteiger charge is -2.34. The minimum Gasteiger partial charge on any atom is -0.356 e. The number of amides is 1. The van der Waals surface area contributed by atoms with Gasteiger partial charge in [-0.25, -0.2) is 0 Å². The van der Waals surface area contributed by atoms with Crippen LogP contribution in [0.4, 0.5) is 0 Å². The Morgan fingerprint density at radius 3 is 2.62 bits per heavy atom. The molecular formula is C25H25Cl2N3O2. The SMILES string of the molecule is CCN(C(=O)c1c(-c2cccc(Cl)c2Cl)cc(-c2ccccc2)nc1C)C1CNCCO1. The molecule has 1 aromatic heterocycles. The van der Waals surface area contributed by atoms with Gasteiger partial charge in [-0.2, -0.15) is 0 Å². The number of hydrogen-bond donors (Lipinski definition) is 1. The lowest BCUT2D eigenvalue weighted by atomic mass is 9.95. The number of likely N-dealkylation sites (N-methyl/N-ethyl adjacent to an activating group) is 1. The van der Waals surface area contributed by atoms with E-state index < -0.39 is 0 Å². The van der Waals surface area contributed by atoms with Gasteiger partial charge in [0.2, 0.25) is 0 Å². The number of pyridine rings is 1. The first kappa shape index (κ1) is 22.7. The van der Waals surface area contributed by atoms with Crippen molar-refractivity contribution in [3.63, 3.8) is 0 Å². The van der Waals surface area contributed by atoms with E-state index in [1.165, 1.54) is 0 Å². The lowest BCUT2D eigenvalue weighted by molar-refractivity contribution is -0.0588. The molecule has 1 N–H and O–H groups in total. The summed E-state index contributed by atoms with van der Waals surface area (Å²) in [6.07, 6.45) is -0.336. The predicted molar refractivity (Wildman–Crippen MR) is 129 cm³/mol. The average Bonchev–Trinajstić information content (AvgIpc) is 2.82. The number of hydrogen-bond acceptors (Lipinski definition) is 4. The van der Waals surface area contributed by atoms with Gasteiger partial charge in [0.15, 0.2) is 0 Å². The summed E-state index contributed by atoms with van der Waals surface area (Å²) < 4.78 is 5.87. The van der Waals surface area contributed by atoms with E-state index in [-0.39, 0.29) is 12.1 Å². The summed E-state index contributed by atoms with van der Waals surface area (Å²) in [4.78, 5) is 20.4. The Morgan fingerprint density at radius 2 is 1.94 bits per heavy atom. The third-order valence-corrected chi connectivity index (χ3v) is 6.40. The van der Waals surface area contributed by atoms with Gasteiger partial charge in [0.05, 0.1) is 33.6 Å². The van der Waals surface area contributed by atoms with Crippen molar-refractivity contribution in [3.05, 3.63) is 75.9 Å². The molecule has 0 aliphatic carbocycles. The summed E-state index contributed by atoms with van der Waals surface area (Å²) in [5.41, 5.74) is 4.26. The summed E-state index contributed by atoms with van der Waals surface area (Å²) in [5, 5.41) is 4.14. The van der Waals surface area contributed by atoms with E-state index >= 15 is 0 Å². The fourth-order valence-corrected chi connectivity index (χ4v) is 4.40. The zero-order valence-electron chi connectivity index (χ0n) is 18.1. The number of halogens is 2. The third kappa shape index (κ3) is 4.52. The molecule has 1 fully saturated rings. The zero-order chi connectivity index (χ0) is 22.7. The molecule has 4 rings (SSSR count). The minimum atomic E-state index is -0.336. The van der Waals surface area contributed by atoms with Crippen molar-refractivity contribution in [3.8, 4) is 22.4 Å². The maximum absolute atomic E-state index is 13.8. The van der Waals surface area contributed by atoms with Crippen molar-refractivity contribution in [2.24, 2.45) is 0 Å².